The van der Waals surface area contributed by atoms with Gasteiger partial charge in [0.1, 0.15) is 12.3 Å². The van der Waals surface area contributed by atoms with E-state index in [-0.39, 0.29) is 27.1 Å². The molecular weight excluding hydrogens is 604 g/mol. The van der Waals surface area contributed by atoms with Gasteiger partial charge >= 0.3 is 0 Å². The van der Waals surface area contributed by atoms with Crippen LogP contribution in [0.1, 0.15) is 27.1 Å². The topological polar surface area (TPSA) is 84.0 Å². The number of nitrogens with zero attached hydrogens (tertiary/aromatic N) is 2. The van der Waals surface area contributed by atoms with E-state index in [2.05, 4.69) is 31.9 Å². The van der Waals surface area contributed by atoms with Crippen LogP contribution in [-0.4, -0.2) is 56.8 Å². The van der Waals surface area contributed by atoms with Crippen LogP contribution in [0.15, 0.2) is 48.5 Å². The summed E-state index contributed by atoms with van der Waals surface area (Å²) < 4.78 is 5.20. The number of hydrogen-bond acceptors (Lipinski definition) is 5. The van der Waals surface area contributed by atoms with Gasteiger partial charge in [-0.3, -0.25) is 19.2 Å². The molecule has 35 heavy (non-hydrogen) atoms. The largest absolute Gasteiger partial charge is 0.497 e. The number of amides is 3. The van der Waals surface area contributed by atoms with Gasteiger partial charge in [0.25, 0.3) is 17.7 Å². The van der Waals surface area contributed by atoms with Gasteiger partial charge in [0, 0.05) is 25.8 Å². The second-order valence-electron chi connectivity index (χ2n) is 9.02. The van der Waals surface area contributed by atoms with Crippen molar-refractivity contribution in [1.29, 1.82) is 0 Å². The number of ether oxygens (including phenoxy) is 1. The summed E-state index contributed by atoms with van der Waals surface area (Å²) in [5.41, 5.74) is 0.517. The van der Waals surface area contributed by atoms with E-state index in [4.69, 9.17) is 16.3 Å². The molecule has 3 amide bonds. The van der Waals surface area contributed by atoms with Crippen LogP contribution < -0.4 is 4.74 Å². The molecule has 2 aliphatic carbocycles. The lowest BCUT2D eigenvalue weighted by molar-refractivity contribution is -0.154. The number of halogens is 3. The third-order valence-electron chi connectivity index (χ3n) is 7.22. The van der Waals surface area contributed by atoms with E-state index < -0.39 is 41.9 Å². The molecule has 1 heterocycles. The Balaban J connectivity index is 1.50. The highest BCUT2D eigenvalue weighted by atomic mass is 79.9. The third-order valence-corrected chi connectivity index (χ3v) is 10.7. The maximum atomic E-state index is 13.6. The number of carbonyl (C=O) groups is 4. The maximum absolute atomic E-state index is 13.6. The summed E-state index contributed by atoms with van der Waals surface area (Å²) in [7, 11) is 1.49. The van der Waals surface area contributed by atoms with Crippen LogP contribution in [0.3, 0.4) is 0 Å². The molecule has 1 saturated heterocycles. The molecule has 3 fully saturated rings. The lowest BCUT2D eigenvalue weighted by Gasteiger charge is -2.31. The van der Waals surface area contributed by atoms with Crippen molar-refractivity contribution in [2.24, 2.45) is 23.7 Å². The number of Topliss-reactive ketones (excluding diaryl/α,β-unsaturated/α-hetero) is 1. The average Bonchev–Trinajstić information content (AvgIpc) is 3.47. The molecule has 1 aliphatic heterocycles. The van der Waals surface area contributed by atoms with E-state index in [9.17, 15) is 19.2 Å². The quantitative estimate of drug-likeness (QED) is 0.271. The van der Waals surface area contributed by atoms with Crippen LogP contribution in [0.2, 0.25) is 5.02 Å². The number of imide groups is 1. The van der Waals surface area contributed by atoms with Crippen LogP contribution >= 0.6 is 43.5 Å². The third kappa shape index (κ3) is 4.01. The molecule has 3 aliphatic rings. The molecule has 0 radical (unpaired) electrons. The van der Waals surface area contributed by atoms with Crippen molar-refractivity contribution in [3.63, 3.8) is 0 Å². The number of rotatable bonds is 6. The van der Waals surface area contributed by atoms with E-state index in [1.807, 2.05) is 0 Å². The van der Waals surface area contributed by atoms with Crippen LogP contribution in [0.5, 0.6) is 5.75 Å². The summed E-state index contributed by atoms with van der Waals surface area (Å²) in [6.45, 7) is -0.476. The lowest BCUT2D eigenvalue weighted by Crippen LogP contribution is -2.52. The van der Waals surface area contributed by atoms with Crippen LogP contribution in [0.4, 0.5) is 0 Å². The minimum atomic E-state index is -0.627. The molecule has 2 aromatic carbocycles. The standard InChI is InChI=1S/C25H21Br2ClN2O5/c1-35-15-4-2-3-13(9-15)18(31)11-29(23(32)12-5-7-14(28)8-6-12)30-24(33)19-16-10-17(20(19)25(30)34)22(27)21(16)26/h2-9,16-17,19-22H,10-11H2,1H3/t16-,17-,19-,20+,21-,22+/m1/s1. The van der Waals surface area contributed by atoms with Crippen molar-refractivity contribution >= 4 is 67.0 Å². The summed E-state index contributed by atoms with van der Waals surface area (Å²) in [4.78, 5) is 54.2. The molecule has 0 unspecified atom stereocenters. The molecule has 5 rings (SSSR count). The predicted octanol–water partition coefficient (Wildman–Crippen LogP) is 4.37. The van der Waals surface area contributed by atoms with E-state index in [0.717, 1.165) is 16.4 Å². The Kier molecular flexibility index (Phi) is 6.52. The van der Waals surface area contributed by atoms with Crippen molar-refractivity contribution in [2.75, 3.05) is 13.7 Å². The Morgan fingerprint density at radius 3 is 2.17 bits per heavy atom. The highest BCUT2D eigenvalue weighted by Crippen LogP contribution is 2.60. The van der Waals surface area contributed by atoms with Crippen molar-refractivity contribution in [1.82, 2.24) is 10.0 Å². The van der Waals surface area contributed by atoms with Gasteiger partial charge in [-0.2, -0.15) is 5.01 Å². The van der Waals surface area contributed by atoms with Crippen LogP contribution in [0.25, 0.3) is 0 Å². The van der Waals surface area contributed by atoms with Crippen molar-refractivity contribution in [2.45, 2.75) is 16.1 Å². The van der Waals surface area contributed by atoms with Crippen molar-refractivity contribution < 1.29 is 23.9 Å². The number of carbonyl (C=O) groups excluding carboxylic acids is 4. The normalized spacial score (nSPS) is 28.9. The zero-order valence-electron chi connectivity index (χ0n) is 18.6. The molecule has 0 spiro atoms. The van der Waals surface area contributed by atoms with Crippen LogP contribution in [0, 0.1) is 23.7 Å². The Hall–Kier alpha value is -2.23. The molecule has 2 saturated carbocycles. The molecule has 0 aromatic heterocycles. The van der Waals surface area contributed by atoms with E-state index >= 15 is 0 Å². The fraction of sp³-hybridized carbons (Fsp3) is 0.360. The highest BCUT2D eigenvalue weighted by Gasteiger charge is 2.67. The van der Waals surface area contributed by atoms with Gasteiger partial charge in [-0.15, -0.1) is 0 Å². The first-order valence-corrected chi connectivity index (χ1v) is 13.3. The molecular formula is C25H21Br2ClN2O5. The Morgan fingerprint density at radius 2 is 1.60 bits per heavy atom. The van der Waals surface area contributed by atoms with Gasteiger partial charge in [-0.1, -0.05) is 55.6 Å². The monoisotopic (exact) mass is 622 g/mol. The van der Waals surface area contributed by atoms with E-state index in [1.54, 1.807) is 36.4 Å². The van der Waals surface area contributed by atoms with E-state index in [0.29, 0.717) is 16.3 Å². The second-order valence-corrected chi connectivity index (χ2v) is 11.6. The Bertz CT molecular complexity index is 1190. The molecule has 2 aromatic rings. The molecule has 6 atom stereocenters. The fourth-order valence-corrected chi connectivity index (χ4v) is 7.57. The highest BCUT2D eigenvalue weighted by molar-refractivity contribution is 9.12. The summed E-state index contributed by atoms with van der Waals surface area (Å²) in [6, 6.07) is 12.6. The molecule has 0 N–H and O–H groups in total. The zero-order valence-corrected chi connectivity index (χ0v) is 22.5. The fourth-order valence-electron chi connectivity index (χ4n) is 5.57. The molecule has 10 heteroatoms. The zero-order chi connectivity index (χ0) is 25.0. The summed E-state index contributed by atoms with van der Waals surface area (Å²) >= 11 is 13.3. The van der Waals surface area contributed by atoms with E-state index in [1.165, 1.54) is 19.2 Å². The summed E-state index contributed by atoms with van der Waals surface area (Å²) in [5, 5.41) is 2.33. The number of hydrogen-bond donors (Lipinski definition) is 0. The first-order valence-electron chi connectivity index (χ1n) is 11.1. The van der Waals surface area contributed by atoms with Gasteiger partial charge in [0.2, 0.25) is 0 Å². The Labute approximate surface area is 224 Å². The minimum absolute atomic E-state index is 0.0163. The average molecular weight is 625 g/mol. The molecule has 2 bridgehead atoms. The number of methoxy groups -OCH3 is 1. The number of ketones is 1. The Morgan fingerprint density at radius 1 is 1.00 bits per heavy atom. The number of hydrazine groups is 1. The van der Waals surface area contributed by atoms with Crippen molar-refractivity contribution in [3.8, 4) is 5.75 Å². The van der Waals surface area contributed by atoms with Crippen LogP contribution in [-0.2, 0) is 9.59 Å². The van der Waals surface area contributed by atoms with Gasteiger partial charge in [-0.05, 0) is 54.7 Å². The second kappa shape index (κ2) is 9.33. The van der Waals surface area contributed by atoms with Gasteiger partial charge in [-0.25, -0.2) is 5.01 Å². The summed E-state index contributed by atoms with van der Waals surface area (Å²) in [5.74, 6) is -2.50. The first kappa shape index (κ1) is 24.5. The predicted molar refractivity (Wildman–Crippen MR) is 136 cm³/mol. The number of alkyl halides is 2. The maximum Gasteiger partial charge on any atom is 0.273 e. The number of benzene rings is 2. The first-order chi connectivity index (χ1) is 16.7. The SMILES string of the molecule is COc1cccc(C(=O)CN(C(=O)c2ccc(Cl)cc2)N2C(=O)[C@@H]3[C@H]4C[C@@H]([C@H](Br)[C@@H]4Br)[C@@H]3C2=O)c1. The van der Waals surface area contributed by atoms with Gasteiger partial charge < -0.3 is 4.74 Å². The van der Waals surface area contributed by atoms with Crippen molar-refractivity contribution in [3.05, 3.63) is 64.7 Å². The smallest absolute Gasteiger partial charge is 0.273 e. The lowest BCUT2D eigenvalue weighted by atomic mass is 9.81. The molecule has 7 nitrogen and oxygen atoms in total. The van der Waals surface area contributed by atoms with Gasteiger partial charge in [0.15, 0.2) is 5.78 Å². The summed E-state index contributed by atoms with van der Waals surface area (Å²) in [6.07, 6.45) is 0.764. The number of fused-ring (bicyclic) bond motifs is 5. The minimum Gasteiger partial charge on any atom is -0.497 e. The molecule has 182 valence electrons. The van der Waals surface area contributed by atoms with Gasteiger partial charge in [0.05, 0.1) is 18.9 Å².